The number of carbonyl (C=O) groups excluding carboxylic acids is 1. The van der Waals surface area contributed by atoms with Gasteiger partial charge in [0.25, 0.3) is 0 Å². The Bertz CT molecular complexity index is 855. The van der Waals surface area contributed by atoms with Crippen LogP contribution in [-0.2, 0) is 11.2 Å². The average molecular weight is 374 g/mol. The molecule has 130 valence electrons. The molecule has 7 nitrogen and oxygen atoms in total. The number of fused-ring (bicyclic) bond motifs is 1. The first kappa shape index (κ1) is 16.5. The van der Waals surface area contributed by atoms with Crippen LogP contribution in [0.1, 0.15) is 30.8 Å². The summed E-state index contributed by atoms with van der Waals surface area (Å²) in [6, 6.07) is 8.54. The van der Waals surface area contributed by atoms with E-state index in [1.807, 2.05) is 29.8 Å². The second kappa shape index (κ2) is 7.09. The normalized spacial score (nSPS) is 15.4. The van der Waals surface area contributed by atoms with Crippen LogP contribution in [0.4, 0.5) is 0 Å². The molecule has 3 aromatic rings. The minimum Gasteiger partial charge on any atom is -0.352 e. The number of amides is 1. The van der Waals surface area contributed by atoms with Crippen LogP contribution in [0, 0.1) is 0 Å². The molecule has 1 aromatic carbocycles. The third-order valence-corrected chi connectivity index (χ3v) is 5.91. The molecule has 25 heavy (non-hydrogen) atoms. The SMILES string of the molecule is CC(Cc1nc2ccccc2s1)NC(=O)CSc1nnnn1C1CC1. The predicted octanol–water partition coefficient (Wildman–Crippen LogP) is 2.46. The van der Waals surface area contributed by atoms with Gasteiger partial charge in [0.2, 0.25) is 11.1 Å². The third-order valence-electron chi connectivity index (χ3n) is 3.91. The number of rotatable bonds is 7. The summed E-state index contributed by atoms with van der Waals surface area (Å²) in [5.74, 6) is 0.307. The number of benzene rings is 1. The van der Waals surface area contributed by atoms with Gasteiger partial charge in [-0.3, -0.25) is 4.79 Å². The smallest absolute Gasteiger partial charge is 0.230 e. The lowest BCUT2D eigenvalue weighted by molar-refractivity contribution is -0.119. The summed E-state index contributed by atoms with van der Waals surface area (Å²) in [7, 11) is 0. The Hall–Kier alpha value is -2.00. The summed E-state index contributed by atoms with van der Waals surface area (Å²) in [6.07, 6.45) is 2.96. The molecule has 1 atom stereocenters. The van der Waals surface area contributed by atoms with E-state index in [9.17, 15) is 4.79 Å². The van der Waals surface area contributed by atoms with Crippen LogP contribution >= 0.6 is 23.1 Å². The third kappa shape index (κ3) is 3.98. The first-order valence-electron chi connectivity index (χ1n) is 8.23. The van der Waals surface area contributed by atoms with Gasteiger partial charge in [-0.2, -0.15) is 0 Å². The van der Waals surface area contributed by atoms with E-state index < -0.39 is 0 Å². The zero-order valence-electron chi connectivity index (χ0n) is 13.8. The predicted molar refractivity (Wildman–Crippen MR) is 97.7 cm³/mol. The lowest BCUT2D eigenvalue weighted by atomic mass is 10.2. The minimum absolute atomic E-state index is 0.0102. The standard InChI is InChI=1S/C16H18N6OS2/c1-10(8-15-18-12-4-2-3-5-13(12)25-15)17-14(23)9-24-16-19-20-21-22(16)11-6-7-11/h2-5,10-11H,6-9H2,1H3,(H,17,23). The van der Waals surface area contributed by atoms with E-state index >= 15 is 0 Å². The zero-order valence-corrected chi connectivity index (χ0v) is 15.4. The van der Waals surface area contributed by atoms with Crippen molar-refractivity contribution >= 4 is 39.2 Å². The van der Waals surface area contributed by atoms with Gasteiger partial charge in [-0.1, -0.05) is 23.9 Å². The van der Waals surface area contributed by atoms with Gasteiger partial charge in [-0.05, 0) is 42.3 Å². The molecule has 0 bridgehead atoms. The molecule has 1 N–H and O–H groups in total. The Morgan fingerprint density at radius 2 is 2.28 bits per heavy atom. The molecule has 9 heteroatoms. The molecule has 1 saturated carbocycles. The average Bonchev–Trinajstić information content (AvgIpc) is 3.18. The van der Waals surface area contributed by atoms with Gasteiger partial charge in [-0.15, -0.1) is 16.4 Å². The molecular weight excluding hydrogens is 356 g/mol. The molecule has 0 spiro atoms. The molecule has 0 saturated heterocycles. The number of hydrogen-bond acceptors (Lipinski definition) is 7. The summed E-state index contributed by atoms with van der Waals surface area (Å²) in [4.78, 5) is 16.8. The minimum atomic E-state index is -0.0102. The fourth-order valence-corrected chi connectivity index (χ4v) is 4.45. The number of carbonyl (C=O) groups is 1. The van der Waals surface area contributed by atoms with Gasteiger partial charge >= 0.3 is 0 Å². The van der Waals surface area contributed by atoms with Crippen molar-refractivity contribution in [2.24, 2.45) is 0 Å². The van der Waals surface area contributed by atoms with Crippen molar-refractivity contribution in [1.29, 1.82) is 0 Å². The summed E-state index contributed by atoms with van der Waals surface area (Å²) in [5.41, 5.74) is 1.02. The molecule has 2 aromatic heterocycles. The summed E-state index contributed by atoms with van der Waals surface area (Å²) in [5, 5.41) is 16.5. The van der Waals surface area contributed by atoms with E-state index in [0.717, 1.165) is 34.9 Å². The van der Waals surface area contributed by atoms with Gasteiger partial charge < -0.3 is 5.32 Å². The lowest BCUT2D eigenvalue weighted by Gasteiger charge is -2.12. The molecule has 1 fully saturated rings. The highest BCUT2D eigenvalue weighted by molar-refractivity contribution is 7.99. The van der Waals surface area contributed by atoms with E-state index in [0.29, 0.717) is 11.8 Å². The van der Waals surface area contributed by atoms with Gasteiger partial charge in [0.1, 0.15) is 0 Å². The van der Waals surface area contributed by atoms with Gasteiger partial charge in [0.15, 0.2) is 0 Å². The van der Waals surface area contributed by atoms with Crippen molar-refractivity contribution < 1.29 is 4.79 Å². The van der Waals surface area contributed by atoms with Gasteiger partial charge in [0.05, 0.1) is 27.0 Å². The molecular formula is C16H18N6OS2. The Kier molecular flexibility index (Phi) is 4.67. The van der Waals surface area contributed by atoms with Crippen LogP contribution < -0.4 is 5.32 Å². The summed E-state index contributed by atoms with van der Waals surface area (Å²) in [6.45, 7) is 2.00. The topological polar surface area (TPSA) is 85.6 Å². The second-order valence-electron chi connectivity index (χ2n) is 6.17. The Morgan fingerprint density at radius 1 is 1.44 bits per heavy atom. The molecule has 0 radical (unpaired) electrons. The molecule has 1 amide bonds. The van der Waals surface area contributed by atoms with E-state index in [2.05, 4.69) is 31.9 Å². The molecule has 2 heterocycles. The number of nitrogens with one attached hydrogen (secondary N) is 1. The fourth-order valence-electron chi connectivity index (χ4n) is 2.60. The van der Waals surface area contributed by atoms with Crippen LogP contribution in [0.5, 0.6) is 0 Å². The first-order chi connectivity index (χ1) is 12.2. The largest absolute Gasteiger partial charge is 0.352 e. The summed E-state index contributed by atoms with van der Waals surface area (Å²) < 4.78 is 3.00. The number of tetrazole rings is 1. The lowest BCUT2D eigenvalue weighted by Crippen LogP contribution is -2.35. The van der Waals surface area contributed by atoms with Crippen LogP contribution in [0.15, 0.2) is 29.4 Å². The van der Waals surface area contributed by atoms with Gasteiger partial charge in [-0.25, -0.2) is 9.67 Å². The van der Waals surface area contributed by atoms with Gasteiger partial charge in [0, 0.05) is 12.5 Å². The molecule has 0 aliphatic heterocycles. The van der Waals surface area contributed by atoms with Crippen molar-refractivity contribution in [2.45, 2.75) is 43.4 Å². The zero-order chi connectivity index (χ0) is 17.2. The maximum Gasteiger partial charge on any atom is 0.230 e. The Balaban J connectivity index is 1.28. The van der Waals surface area contributed by atoms with Crippen LogP contribution in [0.3, 0.4) is 0 Å². The second-order valence-corrected chi connectivity index (χ2v) is 8.23. The highest BCUT2D eigenvalue weighted by Crippen LogP contribution is 2.36. The quantitative estimate of drug-likeness (QED) is 0.640. The first-order valence-corrected chi connectivity index (χ1v) is 10.0. The maximum atomic E-state index is 12.2. The highest BCUT2D eigenvalue weighted by Gasteiger charge is 2.28. The Labute approximate surface area is 153 Å². The number of thiazole rings is 1. The molecule has 1 unspecified atom stereocenters. The van der Waals surface area contributed by atoms with Crippen molar-refractivity contribution in [3.8, 4) is 0 Å². The molecule has 1 aliphatic carbocycles. The number of thioether (sulfide) groups is 1. The molecule has 1 aliphatic rings. The maximum absolute atomic E-state index is 12.2. The monoisotopic (exact) mass is 374 g/mol. The van der Waals surface area contributed by atoms with Crippen molar-refractivity contribution in [1.82, 2.24) is 30.5 Å². The molecule has 4 rings (SSSR count). The van der Waals surface area contributed by atoms with E-state index in [4.69, 9.17) is 0 Å². The Morgan fingerprint density at radius 3 is 3.08 bits per heavy atom. The fraction of sp³-hybridized carbons (Fsp3) is 0.438. The number of nitrogens with zero attached hydrogens (tertiary/aromatic N) is 5. The number of para-hydroxylation sites is 1. The van der Waals surface area contributed by atoms with Crippen molar-refractivity contribution in [2.75, 3.05) is 5.75 Å². The van der Waals surface area contributed by atoms with Crippen molar-refractivity contribution in [3.63, 3.8) is 0 Å². The number of hydrogen-bond donors (Lipinski definition) is 1. The highest BCUT2D eigenvalue weighted by atomic mass is 32.2. The number of aromatic nitrogens is 5. The van der Waals surface area contributed by atoms with E-state index in [1.54, 1.807) is 11.3 Å². The van der Waals surface area contributed by atoms with Crippen LogP contribution in [-0.4, -0.2) is 42.9 Å². The van der Waals surface area contributed by atoms with Crippen molar-refractivity contribution in [3.05, 3.63) is 29.3 Å². The van der Waals surface area contributed by atoms with E-state index in [-0.39, 0.29) is 11.9 Å². The van der Waals surface area contributed by atoms with Crippen LogP contribution in [0.2, 0.25) is 0 Å². The van der Waals surface area contributed by atoms with E-state index in [1.165, 1.54) is 16.5 Å². The summed E-state index contributed by atoms with van der Waals surface area (Å²) >= 11 is 3.06. The van der Waals surface area contributed by atoms with Crippen LogP contribution in [0.25, 0.3) is 10.2 Å².